The molecule has 0 aliphatic carbocycles. The zero-order valence-electron chi connectivity index (χ0n) is 20.1. The number of fused-ring (bicyclic) bond motifs is 3. The highest BCUT2D eigenvalue weighted by Gasteiger charge is 2.34. The average molecular weight is 497 g/mol. The van der Waals surface area contributed by atoms with E-state index in [1.807, 2.05) is 73.3 Å². The highest BCUT2D eigenvalue weighted by molar-refractivity contribution is 6.30. The van der Waals surface area contributed by atoms with Crippen LogP contribution < -0.4 is 0 Å². The van der Waals surface area contributed by atoms with E-state index in [0.29, 0.717) is 23.8 Å². The number of carbonyl (C=O) groups is 1. The zero-order valence-corrected chi connectivity index (χ0v) is 20.8. The number of tetrazole rings is 1. The van der Waals surface area contributed by atoms with Crippen molar-refractivity contribution in [3.63, 3.8) is 0 Å². The first-order valence-corrected chi connectivity index (χ1v) is 12.4. The van der Waals surface area contributed by atoms with E-state index in [-0.39, 0.29) is 5.91 Å². The molecule has 5 aromatic rings. The van der Waals surface area contributed by atoms with Crippen LogP contribution in [0.1, 0.15) is 39.8 Å². The number of rotatable bonds is 4. The molecule has 36 heavy (non-hydrogen) atoms. The lowest BCUT2D eigenvalue weighted by molar-refractivity contribution is -0.132. The van der Waals surface area contributed by atoms with Crippen LogP contribution in [0.15, 0.2) is 66.7 Å². The topological polar surface area (TPSA) is 79.7 Å². The fraction of sp³-hybridized carbons (Fsp3) is 0.214. The lowest BCUT2D eigenvalue weighted by atomic mass is 10.0. The first-order chi connectivity index (χ1) is 17.5. The molecule has 8 heteroatoms. The maximum Gasteiger partial charge on any atom is 0.229 e. The summed E-state index contributed by atoms with van der Waals surface area (Å²) in [6.07, 6.45) is 1.03. The molecule has 1 atom stereocenters. The molecule has 3 heterocycles. The van der Waals surface area contributed by atoms with Gasteiger partial charge in [0.05, 0.1) is 12.1 Å². The van der Waals surface area contributed by atoms with Crippen molar-refractivity contribution >= 4 is 28.4 Å². The summed E-state index contributed by atoms with van der Waals surface area (Å²) >= 11 is 6.22. The highest BCUT2D eigenvalue weighted by Crippen LogP contribution is 2.34. The van der Waals surface area contributed by atoms with Crippen molar-refractivity contribution in [3.8, 4) is 5.69 Å². The molecule has 1 N–H and O–H groups in total. The van der Waals surface area contributed by atoms with Crippen LogP contribution in [0.2, 0.25) is 5.02 Å². The first kappa shape index (κ1) is 22.5. The number of aromatic amines is 1. The van der Waals surface area contributed by atoms with Crippen LogP contribution >= 0.6 is 11.6 Å². The molecular weight excluding hydrogens is 472 g/mol. The zero-order chi connectivity index (χ0) is 24.8. The number of amides is 1. The summed E-state index contributed by atoms with van der Waals surface area (Å²) in [4.78, 5) is 19.2. The van der Waals surface area contributed by atoms with E-state index in [1.54, 1.807) is 4.68 Å². The van der Waals surface area contributed by atoms with Gasteiger partial charge in [-0.05, 0) is 71.1 Å². The minimum atomic E-state index is -0.473. The van der Waals surface area contributed by atoms with E-state index in [1.165, 1.54) is 10.9 Å². The number of benzene rings is 3. The van der Waals surface area contributed by atoms with Gasteiger partial charge in [-0.15, -0.1) is 5.10 Å². The van der Waals surface area contributed by atoms with Crippen LogP contribution in [0.25, 0.3) is 16.6 Å². The van der Waals surface area contributed by atoms with Crippen molar-refractivity contribution in [2.75, 3.05) is 6.54 Å². The summed E-state index contributed by atoms with van der Waals surface area (Å²) in [5.41, 5.74) is 7.19. The van der Waals surface area contributed by atoms with Crippen LogP contribution in [-0.2, 0) is 17.6 Å². The molecule has 6 rings (SSSR count). The van der Waals surface area contributed by atoms with Crippen LogP contribution in [-0.4, -0.2) is 42.5 Å². The maximum atomic E-state index is 13.8. The minimum Gasteiger partial charge on any atom is -0.358 e. The molecule has 0 unspecified atom stereocenters. The molecule has 0 bridgehead atoms. The van der Waals surface area contributed by atoms with Crippen molar-refractivity contribution in [1.29, 1.82) is 0 Å². The number of aromatic nitrogens is 5. The van der Waals surface area contributed by atoms with Gasteiger partial charge >= 0.3 is 0 Å². The van der Waals surface area contributed by atoms with Crippen molar-refractivity contribution in [2.24, 2.45) is 0 Å². The second-order valence-corrected chi connectivity index (χ2v) is 9.72. The summed E-state index contributed by atoms with van der Waals surface area (Å²) in [6, 6.07) is 21.4. The number of hydrogen-bond acceptors (Lipinski definition) is 4. The second-order valence-electron chi connectivity index (χ2n) is 9.28. The van der Waals surface area contributed by atoms with Gasteiger partial charge in [-0.3, -0.25) is 4.79 Å². The largest absolute Gasteiger partial charge is 0.358 e. The van der Waals surface area contributed by atoms with Crippen LogP contribution in [0, 0.1) is 13.8 Å². The van der Waals surface area contributed by atoms with Gasteiger partial charge in [-0.1, -0.05) is 60.1 Å². The van der Waals surface area contributed by atoms with Crippen molar-refractivity contribution < 1.29 is 4.79 Å². The third-order valence-electron chi connectivity index (χ3n) is 7.04. The summed E-state index contributed by atoms with van der Waals surface area (Å²) < 4.78 is 1.77. The molecule has 3 aromatic carbocycles. The number of nitrogens with one attached hydrogen (secondary N) is 1. The van der Waals surface area contributed by atoms with Crippen LogP contribution in [0.3, 0.4) is 0 Å². The molecule has 0 fully saturated rings. The number of hydrogen-bond donors (Lipinski definition) is 1. The Morgan fingerprint density at radius 2 is 1.72 bits per heavy atom. The number of para-hydroxylation sites is 2. The Morgan fingerprint density at radius 1 is 0.972 bits per heavy atom. The van der Waals surface area contributed by atoms with Crippen molar-refractivity contribution in [1.82, 2.24) is 30.1 Å². The van der Waals surface area contributed by atoms with Gasteiger partial charge in [-0.2, -0.15) is 4.68 Å². The lowest BCUT2D eigenvalue weighted by Crippen LogP contribution is -2.38. The molecule has 0 saturated carbocycles. The molecule has 0 radical (unpaired) electrons. The number of halogens is 1. The Bertz CT molecular complexity index is 1570. The molecular formula is C28H25ClN6O. The van der Waals surface area contributed by atoms with Gasteiger partial charge in [0.2, 0.25) is 5.91 Å². The summed E-state index contributed by atoms with van der Waals surface area (Å²) in [5, 5.41) is 14.7. The smallest absolute Gasteiger partial charge is 0.229 e. The van der Waals surface area contributed by atoms with Gasteiger partial charge in [0.15, 0.2) is 5.82 Å². The minimum absolute atomic E-state index is 0.0244. The molecule has 1 aliphatic rings. The molecule has 1 aliphatic heterocycles. The maximum absolute atomic E-state index is 13.8. The van der Waals surface area contributed by atoms with E-state index in [0.717, 1.165) is 40.0 Å². The Kier molecular flexibility index (Phi) is 5.57. The fourth-order valence-corrected chi connectivity index (χ4v) is 5.48. The fourth-order valence-electron chi connectivity index (χ4n) is 5.35. The standard InChI is InChI=1S/C28H25ClN6O/c1-17-6-5-7-18(2)26(17)35-28(31-32-33-35)27(19-10-12-20(29)13-11-19)34-15-14-22-21-8-3-4-9-23(21)30-24(22)16-25(34)36/h3-13,27,30H,14-16H2,1-2H3/t27-/m1/s1. The Balaban J connectivity index is 1.47. The van der Waals surface area contributed by atoms with E-state index in [2.05, 4.69) is 32.6 Å². The highest BCUT2D eigenvalue weighted by atomic mass is 35.5. The molecule has 2 aromatic heterocycles. The average Bonchev–Trinajstić information content (AvgIpc) is 3.43. The van der Waals surface area contributed by atoms with E-state index in [9.17, 15) is 4.79 Å². The summed E-state index contributed by atoms with van der Waals surface area (Å²) in [6.45, 7) is 4.63. The second kappa shape index (κ2) is 8.91. The van der Waals surface area contributed by atoms with Crippen LogP contribution in [0.5, 0.6) is 0 Å². The quantitative estimate of drug-likeness (QED) is 0.374. The first-order valence-electron chi connectivity index (χ1n) is 12.0. The summed E-state index contributed by atoms with van der Waals surface area (Å²) in [7, 11) is 0. The Labute approximate surface area is 213 Å². The molecule has 1 amide bonds. The molecule has 180 valence electrons. The lowest BCUT2D eigenvalue weighted by Gasteiger charge is -2.30. The number of aryl methyl sites for hydroxylation is 2. The summed E-state index contributed by atoms with van der Waals surface area (Å²) in [5.74, 6) is 0.620. The third kappa shape index (κ3) is 3.76. The van der Waals surface area contributed by atoms with Crippen LogP contribution in [0.4, 0.5) is 0 Å². The van der Waals surface area contributed by atoms with E-state index < -0.39 is 6.04 Å². The van der Waals surface area contributed by atoms with Gasteiger partial charge in [-0.25, -0.2) is 0 Å². The van der Waals surface area contributed by atoms with Gasteiger partial charge in [0.25, 0.3) is 0 Å². The number of carbonyl (C=O) groups excluding carboxylic acids is 1. The Morgan fingerprint density at radius 3 is 2.50 bits per heavy atom. The molecule has 7 nitrogen and oxygen atoms in total. The van der Waals surface area contributed by atoms with Gasteiger partial charge < -0.3 is 9.88 Å². The number of nitrogens with zero attached hydrogens (tertiary/aromatic N) is 5. The third-order valence-corrected chi connectivity index (χ3v) is 7.29. The van der Waals surface area contributed by atoms with Gasteiger partial charge in [0, 0.05) is 28.2 Å². The monoisotopic (exact) mass is 496 g/mol. The van der Waals surface area contributed by atoms with Gasteiger partial charge in [0.1, 0.15) is 6.04 Å². The SMILES string of the molecule is Cc1cccc(C)c1-n1nnnc1[C@@H](c1ccc(Cl)cc1)N1CCc2c([nH]c3ccccc23)CC1=O. The molecule has 0 spiro atoms. The van der Waals surface area contributed by atoms with Crippen molar-refractivity contribution in [3.05, 3.63) is 106 Å². The van der Waals surface area contributed by atoms with E-state index in [4.69, 9.17) is 11.6 Å². The predicted octanol–water partition coefficient (Wildman–Crippen LogP) is 5.13. The predicted molar refractivity (Wildman–Crippen MR) is 139 cm³/mol. The normalized spacial score (nSPS) is 14.6. The Hall–Kier alpha value is -3.97. The number of H-pyrrole nitrogens is 1. The van der Waals surface area contributed by atoms with Crippen molar-refractivity contribution in [2.45, 2.75) is 32.7 Å². The molecule has 0 saturated heterocycles. The van der Waals surface area contributed by atoms with E-state index >= 15 is 0 Å².